The summed E-state index contributed by atoms with van der Waals surface area (Å²) in [6, 6.07) is 7.37. The second kappa shape index (κ2) is 6.96. The van der Waals surface area contributed by atoms with Crippen molar-refractivity contribution < 1.29 is 14.4 Å². The van der Waals surface area contributed by atoms with Crippen molar-refractivity contribution in [3.05, 3.63) is 68.1 Å². The fourth-order valence-corrected chi connectivity index (χ4v) is 7.14. The van der Waals surface area contributed by atoms with E-state index in [-0.39, 0.29) is 22.7 Å². The van der Waals surface area contributed by atoms with Gasteiger partial charge in [0.25, 0.3) is 5.91 Å². The molecule has 4 unspecified atom stereocenters. The average molecular weight is 523 g/mol. The van der Waals surface area contributed by atoms with Gasteiger partial charge in [-0.3, -0.25) is 19.3 Å². The molecule has 4 aliphatic rings. The summed E-state index contributed by atoms with van der Waals surface area (Å²) in [5.41, 5.74) is 0.648. The van der Waals surface area contributed by atoms with Crippen molar-refractivity contribution >= 4 is 75.5 Å². The highest BCUT2D eigenvalue weighted by molar-refractivity contribution is 6.38. The minimum absolute atomic E-state index is 0.274. The molecular formula is C23H15Cl4N3O3. The van der Waals surface area contributed by atoms with Gasteiger partial charge < -0.3 is 5.32 Å². The third-order valence-electron chi connectivity index (χ3n) is 7.12. The number of hydrogen-bond donors (Lipinski definition) is 1. The first-order valence-corrected chi connectivity index (χ1v) is 11.7. The van der Waals surface area contributed by atoms with Crippen molar-refractivity contribution in [1.29, 1.82) is 0 Å². The molecule has 2 aromatic rings. The highest BCUT2D eigenvalue weighted by Crippen LogP contribution is 2.62. The quantitative estimate of drug-likeness (QED) is 0.427. The van der Waals surface area contributed by atoms with Gasteiger partial charge in [0.1, 0.15) is 5.54 Å². The minimum Gasteiger partial charge on any atom is -0.323 e. The standard InChI is InChI=1S/C23H15Cl4N3O3/c1-9-2-16-17-18(21(32)30(20(17)31)13-4-10(24)3-11(25)5-13)23(29(16)8-9)14-6-12(26)7-15(27)19(14)28-22(23)33/h3-7,16-18H,1-2,8H2,(H,28,33). The second-order valence-corrected chi connectivity index (χ2v) is 10.5. The van der Waals surface area contributed by atoms with Crippen LogP contribution in [-0.2, 0) is 19.9 Å². The van der Waals surface area contributed by atoms with Crippen LogP contribution in [0.2, 0.25) is 20.1 Å². The van der Waals surface area contributed by atoms with Gasteiger partial charge in [-0.25, -0.2) is 4.90 Å². The topological polar surface area (TPSA) is 69.7 Å². The summed E-state index contributed by atoms with van der Waals surface area (Å²) in [6.07, 6.45) is 0.503. The fraction of sp³-hybridized carbons (Fsp3) is 0.261. The number of carbonyl (C=O) groups excluding carboxylic acids is 3. The third-order valence-corrected chi connectivity index (χ3v) is 8.07. The van der Waals surface area contributed by atoms with Crippen LogP contribution in [0.1, 0.15) is 12.0 Å². The van der Waals surface area contributed by atoms with Crippen LogP contribution in [0.3, 0.4) is 0 Å². The Bertz CT molecular complexity index is 1310. The molecule has 0 bridgehead atoms. The van der Waals surface area contributed by atoms with Gasteiger partial charge in [-0.1, -0.05) is 58.6 Å². The molecule has 3 saturated heterocycles. The van der Waals surface area contributed by atoms with Gasteiger partial charge in [-0.05, 0) is 36.8 Å². The highest BCUT2D eigenvalue weighted by Gasteiger charge is 2.75. The molecule has 2 aromatic carbocycles. The van der Waals surface area contributed by atoms with Crippen LogP contribution < -0.4 is 10.2 Å². The van der Waals surface area contributed by atoms with E-state index >= 15 is 0 Å². The molecule has 1 N–H and O–H groups in total. The van der Waals surface area contributed by atoms with Gasteiger partial charge in [0.15, 0.2) is 0 Å². The normalized spacial score (nSPS) is 30.3. The van der Waals surface area contributed by atoms with Crippen molar-refractivity contribution in [2.45, 2.75) is 18.0 Å². The molecule has 0 saturated carbocycles. The number of halogens is 4. The summed E-state index contributed by atoms with van der Waals surface area (Å²) in [4.78, 5) is 44.4. The fourth-order valence-electron chi connectivity index (χ4n) is 6.08. The van der Waals surface area contributed by atoms with Gasteiger partial charge in [0.05, 0.1) is 28.2 Å². The maximum Gasteiger partial charge on any atom is 0.250 e. The molecule has 0 aliphatic carbocycles. The maximum atomic E-state index is 13.9. The minimum atomic E-state index is -1.43. The van der Waals surface area contributed by atoms with E-state index < -0.39 is 29.2 Å². The number of nitrogens with zero attached hydrogens (tertiary/aromatic N) is 2. The highest BCUT2D eigenvalue weighted by atomic mass is 35.5. The van der Waals surface area contributed by atoms with Gasteiger partial charge >= 0.3 is 0 Å². The van der Waals surface area contributed by atoms with E-state index in [1.165, 1.54) is 24.3 Å². The van der Waals surface area contributed by atoms with Crippen LogP contribution in [0.5, 0.6) is 0 Å². The Kier molecular flexibility index (Phi) is 4.53. The molecule has 33 heavy (non-hydrogen) atoms. The lowest BCUT2D eigenvalue weighted by molar-refractivity contribution is -0.135. The molecule has 168 valence electrons. The summed E-state index contributed by atoms with van der Waals surface area (Å²) in [6.45, 7) is 4.48. The summed E-state index contributed by atoms with van der Waals surface area (Å²) < 4.78 is 0. The van der Waals surface area contributed by atoms with E-state index in [2.05, 4.69) is 11.9 Å². The number of amides is 3. The zero-order valence-electron chi connectivity index (χ0n) is 16.9. The molecule has 0 aromatic heterocycles. The monoisotopic (exact) mass is 521 g/mol. The summed E-state index contributed by atoms with van der Waals surface area (Å²) >= 11 is 25.0. The van der Waals surface area contributed by atoms with E-state index in [9.17, 15) is 14.4 Å². The predicted molar refractivity (Wildman–Crippen MR) is 127 cm³/mol. The average Bonchev–Trinajstić information content (AvgIpc) is 3.37. The smallest absolute Gasteiger partial charge is 0.250 e. The Hall–Kier alpha value is -2.09. The van der Waals surface area contributed by atoms with Crippen LogP contribution >= 0.6 is 46.4 Å². The first-order valence-electron chi connectivity index (χ1n) is 10.2. The van der Waals surface area contributed by atoms with Crippen LogP contribution in [0.4, 0.5) is 11.4 Å². The molecule has 6 rings (SSSR count). The molecule has 6 nitrogen and oxygen atoms in total. The lowest BCUT2D eigenvalue weighted by Crippen LogP contribution is -2.54. The number of fused-ring (bicyclic) bond motifs is 7. The molecule has 1 spiro atoms. The van der Waals surface area contributed by atoms with Gasteiger partial charge in [0, 0.05) is 33.2 Å². The lowest BCUT2D eigenvalue weighted by Gasteiger charge is -2.36. The first kappa shape index (κ1) is 21.4. The third kappa shape index (κ3) is 2.64. The number of rotatable bonds is 1. The van der Waals surface area contributed by atoms with Crippen LogP contribution in [-0.4, -0.2) is 35.2 Å². The van der Waals surface area contributed by atoms with Gasteiger partial charge in [0.2, 0.25) is 11.8 Å². The summed E-state index contributed by atoms with van der Waals surface area (Å²) in [7, 11) is 0. The number of carbonyl (C=O) groups is 3. The molecule has 4 heterocycles. The molecule has 3 amide bonds. The van der Waals surface area contributed by atoms with Crippen molar-refractivity contribution in [3.8, 4) is 0 Å². The Morgan fingerprint density at radius 3 is 2.30 bits per heavy atom. The largest absolute Gasteiger partial charge is 0.323 e. The maximum absolute atomic E-state index is 13.9. The summed E-state index contributed by atoms with van der Waals surface area (Å²) in [5, 5.41) is 4.05. The number of hydrogen-bond acceptors (Lipinski definition) is 4. The second-order valence-electron chi connectivity index (χ2n) is 8.82. The molecule has 4 atom stereocenters. The Labute approximate surface area is 209 Å². The Morgan fingerprint density at radius 1 is 0.939 bits per heavy atom. The Morgan fingerprint density at radius 2 is 1.61 bits per heavy atom. The van der Waals surface area contributed by atoms with Crippen molar-refractivity contribution in [2.24, 2.45) is 11.8 Å². The van der Waals surface area contributed by atoms with Crippen LogP contribution in [0.15, 0.2) is 42.5 Å². The zero-order valence-corrected chi connectivity index (χ0v) is 19.9. The van der Waals surface area contributed by atoms with E-state index in [4.69, 9.17) is 46.4 Å². The number of benzene rings is 2. The number of imide groups is 1. The molecule has 3 fully saturated rings. The lowest BCUT2D eigenvalue weighted by atomic mass is 9.75. The van der Waals surface area contributed by atoms with E-state index in [0.717, 1.165) is 10.5 Å². The molecule has 4 aliphatic heterocycles. The van der Waals surface area contributed by atoms with Gasteiger partial charge in [-0.2, -0.15) is 0 Å². The number of anilines is 2. The predicted octanol–water partition coefficient (Wildman–Crippen LogP) is 4.90. The van der Waals surface area contributed by atoms with Crippen LogP contribution in [0, 0.1) is 11.8 Å². The van der Waals surface area contributed by atoms with Crippen molar-refractivity contribution in [2.75, 3.05) is 16.8 Å². The Balaban J connectivity index is 1.59. The molecule has 10 heteroatoms. The molecular weight excluding hydrogens is 508 g/mol. The first-order chi connectivity index (χ1) is 15.6. The number of nitrogens with one attached hydrogen (secondary N) is 1. The van der Waals surface area contributed by atoms with Crippen LogP contribution in [0.25, 0.3) is 0 Å². The molecule has 0 radical (unpaired) electrons. The van der Waals surface area contributed by atoms with E-state index in [0.29, 0.717) is 39.3 Å². The van der Waals surface area contributed by atoms with Crippen molar-refractivity contribution in [3.63, 3.8) is 0 Å². The van der Waals surface area contributed by atoms with Crippen molar-refractivity contribution in [1.82, 2.24) is 4.90 Å². The summed E-state index contributed by atoms with van der Waals surface area (Å²) in [5.74, 6) is -2.98. The van der Waals surface area contributed by atoms with E-state index in [1.54, 1.807) is 6.07 Å². The SMILES string of the molecule is C=C1CC2C3C(=O)N(c4cc(Cl)cc(Cl)c4)C(=O)C3C3(C(=O)Nc4c(Cl)cc(Cl)cc43)N2C1. The zero-order chi connectivity index (χ0) is 23.4. The van der Waals surface area contributed by atoms with Gasteiger partial charge in [-0.15, -0.1) is 0 Å². The van der Waals surface area contributed by atoms with E-state index in [1.807, 2.05) is 4.90 Å².